The van der Waals surface area contributed by atoms with E-state index in [1.807, 2.05) is 6.11 Å². The summed E-state index contributed by atoms with van der Waals surface area (Å²) in [5, 5.41) is 10.8. The summed E-state index contributed by atoms with van der Waals surface area (Å²) in [6, 6.07) is 0. The Kier molecular flexibility index (Phi) is 7.06. The van der Waals surface area contributed by atoms with Crippen molar-refractivity contribution in [3.63, 3.8) is 0 Å². The Hall–Kier alpha value is -2.31. The molecule has 32 heavy (non-hydrogen) atoms. The van der Waals surface area contributed by atoms with E-state index >= 15 is 0 Å². The third-order valence-corrected chi connectivity index (χ3v) is 6.65. The molecule has 0 spiro atoms. The van der Waals surface area contributed by atoms with E-state index in [1.165, 1.54) is 10.9 Å². The van der Waals surface area contributed by atoms with Crippen LogP contribution in [0.15, 0.2) is 11.1 Å². The van der Waals surface area contributed by atoms with Crippen molar-refractivity contribution in [2.24, 2.45) is 5.92 Å². The molecule has 1 aliphatic rings. The second-order valence-corrected chi connectivity index (χ2v) is 9.42. The molecule has 176 valence electrons. The number of aromatic nitrogens is 4. The summed E-state index contributed by atoms with van der Waals surface area (Å²) in [6.45, 7) is -0.721. The number of phosphoric acid groups is 2. The van der Waals surface area contributed by atoms with Crippen LogP contribution in [0, 0.1) is 18.4 Å². The van der Waals surface area contributed by atoms with Crippen LogP contribution in [0.1, 0.15) is 12.6 Å². The van der Waals surface area contributed by atoms with Gasteiger partial charge in [-0.3, -0.25) is 18.9 Å². The number of hydrogen-bond acceptors (Lipinski definition) is 11. The molecule has 2 aromatic rings. The Morgan fingerprint density at radius 2 is 2.09 bits per heavy atom. The molecule has 0 radical (unpaired) electrons. The van der Waals surface area contributed by atoms with Crippen LogP contribution in [0.3, 0.4) is 0 Å². The Bertz CT molecular complexity index is 1170. The molecule has 1 saturated heterocycles. The molecule has 1 unspecified atom stereocenters. The molecule has 1 aliphatic heterocycles. The first-order valence-electron chi connectivity index (χ1n) is 8.79. The van der Waals surface area contributed by atoms with Crippen LogP contribution in [0.25, 0.3) is 11.2 Å². The molecule has 0 bridgehead atoms. The SMILES string of the molecule is C#COCC[C@H]1[C@@H](O)[C@H](n2cnc3c(=O)[nH]c(N)nc32)O[C@@H]1COP(=O)(O)OP(=O)(O)O. The number of imidazole rings is 1. The minimum atomic E-state index is -5.32. The molecule has 5 atom stereocenters. The van der Waals surface area contributed by atoms with Gasteiger partial charge in [0.15, 0.2) is 17.4 Å². The molecule has 0 aliphatic carbocycles. The van der Waals surface area contributed by atoms with Crippen LogP contribution in [-0.2, 0) is 27.4 Å². The zero-order chi connectivity index (χ0) is 23.7. The summed E-state index contributed by atoms with van der Waals surface area (Å²) in [5.41, 5.74) is 4.88. The van der Waals surface area contributed by atoms with Gasteiger partial charge in [-0.15, -0.1) is 0 Å². The first-order valence-corrected chi connectivity index (χ1v) is 11.8. The first-order chi connectivity index (χ1) is 14.9. The van der Waals surface area contributed by atoms with Crippen molar-refractivity contribution in [2.75, 3.05) is 18.9 Å². The fourth-order valence-corrected chi connectivity index (χ4v) is 4.85. The third-order valence-electron chi connectivity index (χ3n) is 4.50. The second kappa shape index (κ2) is 9.28. The molecule has 16 nitrogen and oxygen atoms in total. The van der Waals surface area contributed by atoms with Crippen LogP contribution in [0.2, 0.25) is 0 Å². The van der Waals surface area contributed by atoms with Gasteiger partial charge in [0.1, 0.15) is 18.8 Å². The van der Waals surface area contributed by atoms with Crippen molar-refractivity contribution in [2.45, 2.75) is 24.9 Å². The summed E-state index contributed by atoms with van der Waals surface area (Å²) in [7, 11) is -10.5. The number of rotatable bonds is 9. The number of nitrogen functional groups attached to an aromatic ring is 1. The molecular formula is C14H19N5O11P2. The first kappa shape index (κ1) is 24.3. The summed E-state index contributed by atoms with van der Waals surface area (Å²) < 4.78 is 42.8. The van der Waals surface area contributed by atoms with E-state index in [1.54, 1.807) is 0 Å². The number of nitrogens with two attached hydrogens (primary N) is 1. The molecule has 3 heterocycles. The Morgan fingerprint density at radius 1 is 1.38 bits per heavy atom. The number of anilines is 1. The summed E-state index contributed by atoms with van der Waals surface area (Å²) in [5.74, 6) is -0.994. The van der Waals surface area contributed by atoms with E-state index in [4.69, 9.17) is 31.4 Å². The predicted octanol–water partition coefficient (Wildman–Crippen LogP) is -1.20. The van der Waals surface area contributed by atoms with Gasteiger partial charge in [0.05, 0.1) is 19.0 Å². The van der Waals surface area contributed by atoms with Crippen LogP contribution in [0.5, 0.6) is 0 Å². The van der Waals surface area contributed by atoms with Crippen molar-refractivity contribution in [1.82, 2.24) is 19.5 Å². The topological polar surface area (TPSA) is 242 Å². The number of ether oxygens (including phenoxy) is 2. The maximum atomic E-state index is 12.0. The number of H-pyrrole nitrogens is 1. The molecule has 7 N–H and O–H groups in total. The number of nitrogens with one attached hydrogen (secondary N) is 1. The van der Waals surface area contributed by atoms with Gasteiger partial charge in [-0.1, -0.05) is 6.42 Å². The number of aromatic amines is 1. The van der Waals surface area contributed by atoms with Crippen LogP contribution < -0.4 is 11.3 Å². The third kappa shape index (κ3) is 5.54. The molecule has 2 aromatic heterocycles. The number of aliphatic hydroxyl groups is 1. The predicted molar refractivity (Wildman–Crippen MR) is 104 cm³/mol. The maximum absolute atomic E-state index is 12.0. The Labute approximate surface area is 179 Å². The van der Waals surface area contributed by atoms with E-state index in [9.17, 15) is 23.9 Å². The van der Waals surface area contributed by atoms with E-state index in [0.717, 1.165) is 0 Å². The van der Waals surface area contributed by atoms with Gasteiger partial charge in [-0.2, -0.15) is 9.29 Å². The highest BCUT2D eigenvalue weighted by Gasteiger charge is 2.46. The molecule has 3 rings (SSSR count). The monoisotopic (exact) mass is 495 g/mol. The van der Waals surface area contributed by atoms with Gasteiger partial charge >= 0.3 is 15.6 Å². The van der Waals surface area contributed by atoms with E-state index < -0.39 is 52.2 Å². The molecule has 0 saturated carbocycles. The quantitative estimate of drug-likeness (QED) is 0.136. The Morgan fingerprint density at radius 3 is 2.75 bits per heavy atom. The van der Waals surface area contributed by atoms with E-state index in [2.05, 4.69) is 23.8 Å². The lowest BCUT2D eigenvalue weighted by Crippen LogP contribution is -2.29. The fraction of sp³-hybridized carbons (Fsp3) is 0.500. The normalized spacial score (nSPS) is 25.5. The minimum absolute atomic E-state index is 0.00755. The van der Waals surface area contributed by atoms with Crippen molar-refractivity contribution in [3.05, 3.63) is 16.7 Å². The smallest absolute Gasteiger partial charge is 0.447 e. The van der Waals surface area contributed by atoms with E-state index in [-0.39, 0.29) is 30.1 Å². The van der Waals surface area contributed by atoms with Gasteiger partial charge in [0, 0.05) is 5.92 Å². The minimum Gasteiger partial charge on any atom is -0.447 e. The van der Waals surface area contributed by atoms with Crippen LogP contribution >= 0.6 is 15.6 Å². The number of nitrogens with zero attached hydrogens (tertiary/aromatic N) is 3. The van der Waals surface area contributed by atoms with Gasteiger partial charge < -0.3 is 35.0 Å². The average molecular weight is 495 g/mol. The molecule has 1 fully saturated rings. The lowest BCUT2D eigenvalue weighted by molar-refractivity contribution is -0.0487. The maximum Gasteiger partial charge on any atom is 0.481 e. The fourth-order valence-electron chi connectivity index (χ4n) is 3.25. The molecular weight excluding hydrogens is 476 g/mol. The molecule has 0 aromatic carbocycles. The molecule has 0 amide bonds. The average Bonchev–Trinajstić information content (AvgIpc) is 3.20. The Balaban J connectivity index is 1.86. The summed E-state index contributed by atoms with van der Waals surface area (Å²) >= 11 is 0. The summed E-state index contributed by atoms with van der Waals surface area (Å²) in [6.07, 6.45) is 4.73. The lowest BCUT2D eigenvalue weighted by atomic mass is 9.95. The van der Waals surface area contributed by atoms with Crippen LogP contribution in [0.4, 0.5) is 5.95 Å². The van der Waals surface area contributed by atoms with Crippen molar-refractivity contribution in [3.8, 4) is 12.5 Å². The van der Waals surface area contributed by atoms with Crippen molar-refractivity contribution < 1.29 is 47.2 Å². The number of terminal acetylenes is 1. The molecule has 18 heteroatoms. The lowest BCUT2D eigenvalue weighted by Gasteiger charge is -2.20. The zero-order valence-electron chi connectivity index (χ0n) is 16.0. The van der Waals surface area contributed by atoms with E-state index in [0.29, 0.717) is 0 Å². The highest BCUT2D eigenvalue weighted by atomic mass is 31.3. The van der Waals surface area contributed by atoms with Crippen molar-refractivity contribution >= 4 is 32.8 Å². The summed E-state index contributed by atoms with van der Waals surface area (Å²) in [4.78, 5) is 49.1. The number of fused-ring (bicyclic) bond motifs is 1. The second-order valence-electron chi connectivity index (χ2n) is 6.59. The van der Waals surface area contributed by atoms with Crippen LogP contribution in [-0.4, -0.2) is 64.7 Å². The van der Waals surface area contributed by atoms with Gasteiger partial charge in [0.2, 0.25) is 5.95 Å². The van der Waals surface area contributed by atoms with Gasteiger partial charge in [-0.25, -0.2) is 14.1 Å². The number of aliphatic hydroxyl groups excluding tert-OH is 1. The highest BCUT2D eigenvalue weighted by Crippen LogP contribution is 2.58. The van der Waals surface area contributed by atoms with Gasteiger partial charge in [0.25, 0.3) is 5.56 Å². The standard InChI is InChI=1S/C14H19N5O11P2/c1-2-27-4-3-7-8(5-28-32(25,26)30-31(22,23)24)29-13(10(7)20)19-6-16-9-11(19)17-14(15)18-12(9)21/h1,6-8,10,13,20H,3-5H2,(H,25,26)(H2,22,23,24)(H3,15,17,18,21)/t7-,8-,10-,13-/m1/s1. The number of hydrogen-bond donors (Lipinski definition) is 6. The largest absolute Gasteiger partial charge is 0.481 e. The highest BCUT2D eigenvalue weighted by molar-refractivity contribution is 7.60. The van der Waals surface area contributed by atoms with Gasteiger partial charge in [-0.05, 0) is 6.42 Å². The van der Waals surface area contributed by atoms with Crippen molar-refractivity contribution in [1.29, 1.82) is 0 Å². The zero-order valence-corrected chi connectivity index (χ0v) is 17.8. The number of phosphoric ester groups is 1.